The molecular formula is C16H28O3Ti. The van der Waals surface area contributed by atoms with Gasteiger partial charge in [-0.05, 0) is 0 Å². The summed E-state index contributed by atoms with van der Waals surface area (Å²) in [6, 6.07) is 10.5. The minimum absolute atomic E-state index is 0.0131. The van der Waals surface area contributed by atoms with Gasteiger partial charge in [-0.1, -0.05) is 0 Å². The van der Waals surface area contributed by atoms with Crippen molar-refractivity contribution in [3.8, 4) is 0 Å². The zero-order valence-corrected chi connectivity index (χ0v) is 15.0. The van der Waals surface area contributed by atoms with E-state index in [0.717, 1.165) is 4.73 Å². The average molecular weight is 316 g/mol. The van der Waals surface area contributed by atoms with Crippen molar-refractivity contribution in [3.05, 3.63) is 35.9 Å². The molecule has 0 radical (unpaired) electrons. The Morgan fingerprint density at radius 1 is 0.850 bits per heavy atom. The molecule has 1 aromatic carbocycles. The van der Waals surface area contributed by atoms with Crippen LogP contribution in [0.5, 0.6) is 0 Å². The molecule has 0 aliphatic heterocycles. The van der Waals surface area contributed by atoms with Crippen LogP contribution in [0, 0.1) is 0 Å². The summed E-state index contributed by atoms with van der Waals surface area (Å²) < 4.78 is 18.9. The number of hydrogen-bond donors (Lipinski definition) is 0. The van der Waals surface area contributed by atoms with Crippen LogP contribution in [0.3, 0.4) is 0 Å². The second-order valence-corrected chi connectivity index (χ2v) is 9.45. The van der Waals surface area contributed by atoms with Crippen LogP contribution >= 0.6 is 0 Å². The molecule has 1 aromatic rings. The third kappa shape index (κ3) is 4.98. The summed E-state index contributed by atoms with van der Waals surface area (Å²) in [4.78, 5) is 0. The molecule has 0 amide bonds. The fourth-order valence-electron chi connectivity index (χ4n) is 2.47. The summed E-state index contributed by atoms with van der Waals surface area (Å²) in [5.74, 6) is 0. The van der Waals surface area contributed by atoms with Gasteiger partial charge in [-0.2, -0.15) is 0 Å². The van der Waals surface area contributed by atoms with Gasteiger partial charge in [0.15, 0.2) is 0 Å². The minimum atomic E-state index is -3.19. The Bertz CT molecular complexity index is 362. The monoisotopic (exact) mass is 316 g/mol. The molecule has 0 aliphatic carbocycles. The van der Waals surface area contributed by atoms with Gasteiger partial charge in [-0.25, -0.2) is 0 Å². The van der Waals surface area contributed by atoms with E-state index < -0.39 is 17.8 Å². The third-order valence-corrected chi connectivity index (χ3v) is 8.78. The molecule has 0 spiro atoms. The second-order valence-electron chi connectivity index (χ2n) is 5.41. The van der Waals surface area contributed by atoms with E-state index in [-0.39, 0.29) is 5.41 Å². The number of rotatable bonds is 9. The molecule has 0 bridgehead atoms. The van der Waals surface area contributed by atoms with E-state index in [1.807, 2.05) is 26.8 Å². The van der Waals surface area contributed by atoms with Crippen molar-refractivity contribution in [1.82, 2.24) is 0 Å². The Hall–Kier alpha value is -0.186. The predicted octanol–water partition coefficient (Wildman–Crippen LogP) is 4.39. The van der Waals surface area contributed by atoms with Crippen LogP contribution in [0.2, 0.25) is 4.73 Å². The molecular weight excluding hydrogens is 288 g/mol. The summed E-state index contributed by atoms with van der Waals surface area (Å²) in [6.07, 6.45) is 0. The van der Waals surface area contributed by atoms with E-state index in [2.05, 4.69) is 38.1 Å². The van der Waals surface area contributed by atoms with Crippen LogP contribution in [0.25, 0.3) is 0 Å². The summed E-state index contributed by atoms with van der Waals surface area (Å²) >= 11 is -3.19. The van der Waals surface area contributed by atoms with Crippen LogP contribution in [-0.2, 0) is 33.1 Å². The van der Waals surface area contributed by atoms with Gasteiger partial charge in [0.2, 0.25) is 0 Å². The fourth-order valence-corrected chi connectivity index (χ4v) is 7.41. The van der Waals surface area contributed by atoms with Gasteiger partial charge in [0.1, 0.15) is 0 Å². The molecule has 3 nitrogen and oxygen atoms in total. The Labute approximate surface area is 128 Å². The summed E-state index contributed by atoms with van der Waals surface area (Å²) in [6.45, 7) is 12.4. The first-order chi connectivity index (χ1) is 9.49. The van der Waals surface area contributed by atoms with Gasteiger partial charge in [0.25, 0.3) is 0 Å². The Morgan fingerprint density at radius 2 is 1.30 bits per heavy atom. The molecule has 0 aromatic heterocycles. The Kier molecular flexibility index (Phi) is 7.42. The standard InChI is InChI=1S/C10H13.3C2H5O.Ti/c1-10(2,3)9-7-5-4-6-8-9;3*1-2-3;/h4-8H,1H2,2-3H3;3*2H2,1H3;/q;3*-1;+3. The first-order valence-electron chi connectivity index (χ1n) is 7.47. The van der Waals surface area contributed by atoms with Crippen LogP contribution in [0.15, 0.2) is 30.3 Å². The summed E-state index contributed by atoms with van der Waals surface area (Å²) in [5, 5.41) is 0. The normalized spacial score (nSPS) is 12.7. The van der Waals surface area contributed by atoms with Gasteiger partial charge >= 0.3 is 128 Å². The maximum atomic E-state index is 6.01. The first-order valence-corrected chi connectivity index (χ1v) is 10.5. The van der Waals surface area contributed by atoms with E-state index in [9.17, 15) is 0 Å². The maximum absolute atomic E-state index is 6.01. The first kappa shape index (κ1) is 17.9. The number of benzene rings is 1. The Balaban J connectivity index is 2.97. The van der Waals surface area contributed by atoms with Crippen LogP contribution in [0.4, 0.5) is 0 Å². The second kappa shape index (κ2) is 8.30. The van der Waals surface area contributed by atoms with Crippen molar-refractivity contribution in [2.75, 3.05) is 19.8 Å². The molecule has 0 fully saturated rings. The van der Waals surface area contributed by atoms with Gasteiger partial charge in [-0.3, -0.25) is 0 Å². The van der Waals surface area contributed by atoms with Gasteiger partial charge in [0.05, 0.1) is 0 Å². The van der Waals surface area contributed by atoms with Gasteiger partial charge in [-0.15, -0.1) is 0 Å². The van der Waals surface area contributed by atoms with Crippen LogP contribution in [0.1, 0.15) is 40.2 Å². The van der Waals surface area contributed by atoms with Crippen molar-refractivity contribution in [1.29, 1.82) is 0 Å². The predicted molar refractivity (Wildman–Crippen MR) is 79.2 cm³/mol. The van der Waals surface area contributed by atoms with Crippen LogP contribution < -0.4 is 0 Å². The summed E-state index contributed by atoms with van der Waals surface area (Å²) in [7, 11) is 0. The SMILES string of the molecule is CC[O][Ti]([CH2]C(C)(C)c1ccccc1)([O]CC)[O]CC. The molecule has 0 heterocycles. The quantitative estimate of drug-likeness (QED) is 0.632. The van der Waals surface area contributed by atoms with Crippen LogP contribution in [-0.4, -0.2) is 19.8 Å². The van der Waals surface area contributed by atoms with E-state index in [1.165, 1.54) is 5.56 Å². The van der Waals surface area contributed by atoms with Crippen molar-refractivity contribution < 1.29 is 27.7 Å². The Morgan fingerprint density at radius 3 is 1.70 bits per heavy atom. The molecule has 20 heavy (non-hydrogen) atoms. The molecule has 0 unspecified atom stereocenters. The van der Waals surface area contributed by atoms with E-state index >= 15 is 0 Å². The molecule has 0 N–H and O–H groups in total. The molecule has 0 saturated heterocycles. The average Bonchev–Trinajstić information content (AvgIpc) is 2.40. The van der Waals surface area contributed by atoms with E-state index in [4.69, 9.17) is 9.96 Å². The van der Waals surface area contributed by atoms with Gasteiger partial charge < -0.3 is 0 Å². The van der Waals surface area contributed by atoms with Gasteiger partial charge in [0, 0.05) is 0 Å². The summed E-state index contributed by atoms with van der Waals surface area (Å²) in [5.41, 5.74) is 1.29. The zero-order valence-electron chi connectivity index (χ0n) is 13.4. The van der Waals surface area contributed by atoms with Crippen molar-refractivity contribution in [2.45, 2.75) is 44.8 Å². The molecule has 0 aliphatic rings. The molecule has 0 atom stereocenters. The molecule has 4 heteroatoms. The van der Waals surface area contributed by atoms with Crippen molar-refractivity contribution in [3.63, 3.8) is 0 Å². The topological polar surface area (TPSA) is 27.7 Å². The molecule has 1 rings (SSSR count). The van der Waals surface area contributed by atoms with E-state index in [1.54, 1.807) is 0 Å². The van der Waals surface area contributed by atoms with Crippen molar-refractivity contribution in [2.24, 2.45) is 0 Å². The molecule has 114 valence electrons. The zero-order chi connectivity index (χ0) is 15.1. The fraction of sp³-hybridized carbons (Fsp3) is 0.625. The third-order valence-electron chi connectivity index (χ3n) is 3.31. The van der Waals surface area contributed by atoms with Crippen molar-refractivity contribution >= 4 is 0 Å². The molecule has 0 saturated carbocycles. The number of hydrogen-bond acceptors (Lipinski definition) is 3. The van der Waals surface area contributed by atoms with E-state index in [0.29, 0.717) is 19.8 Å².